The number of hydrogen-bond donors (Lipinski definition) is 0. The van der Waals surface area contributed by atoms with E-state index in [0.717, 1.165) is 19.3 Å². The molecule has 2 atom stereocenters. The van der Waals surface area contributed by atoms with Crippen molar-refractivity contribution in [3.05, 3.63) is 0 Å². The Hall–Kier alpha value is -0.0800. The first-order valence-electron chi connectivity index (χ1n) is 5.89. The molecule has 1 spiro atoms. The molecule has 2 rings (SSSR count). The highest BCUT2D eigenvalue weighted by Crippen LogP contribution is 2.42. The lowest BCUT2D eigenvalue weighted by Gasteiger charge is -2.48. The second-order valence-electron chi connectivity index (χ2n) is 5.45. The van der Waals surface area contributed by atoms with Crippen LogP contribution in [-0.4, -0.2) is 17.5 Å². The maximum atomic E-state index is 6.15. The van der Waals surface area contributed by atoms with Gasteiger partial charge in [-0.25, -0.2) is 0 Å². The van der Waals surface area contributed by atoms with Gasteiger partial charge in [0.05, 0.1) is 11.7 Å². The van der Waals surface area contributed by atoms with Gasteiger partial charge < -0.3 is 9.47 Å². The molecule has 2 fully saturated rings. The first-order chi connectivity index (χ1) is 6.52. The summed E-state index contributed by atoms with van der Waals surface area (Å²) < 4.78 is 12.2. The maximum Gasteiger partial charge on any atom is 0.169 e. The second kappa shape index (κ2) is 3.49. The van der Waals surface area contributed by atoms with Crippen LogP contribution in [-0.2, 0) is 9.47 Å². The van der Waals surface area contributed by atoms with Crippen LogP contribution in [0.25, 0.3) is 0 Å². The molecule has 2 saturated heterocycles. The molecule has 0 aliphatic carbocycles. The van der Waals surface area contributed by atoms with Crippen LogP contribution in [0.3, 0.4) is 0 Å². The molecule has 2 nitrogen and oxygen atoms in total. The van der Waals surface area contributed by atoms with Gasteiger partial charge in [0.2, 0.25) is 0 Å². The van der Waals surface area contributed by atoms with Crippen molar-refractivity contribution in [2.75, 3.05) is 0 Å². The molecular formula is C12H22O2. The van der Waals surface area contributed by atoms with E-state index in [1.54, 1.807) is 0 Å². The normalized spacial score (nSPS) is 42.6. The van der Waals surface area contributed by atoms with Gasteiger partial charge in [-0.3, -0.25) is 0 Å². The zero-order chi connectivity index (χ0) is 10.2. The fraction of sp³-hybridized carbons (Fsp3) is 1.00. The summed E-state index contributed by atoms with van der Waals surface area (Å²) in [6, 6.07) is 0. The Morgan fingerprint density at radius 3 is 2.43 bits per heavy atom. The van der Waals surface area contributed by atoms with Gasteiger partial charge in [-0.2, -0.15) is 0 Å². The van der Waals surface area contributed by atoms with Crippen molar-refractivity contribution in [3.8, 4) is 0 Å². The second-order valence-corrected chi connectivity index (χ2v) is 5.45. The van der Waals surface area contributed by atoms with E-state index in [1.807, 2.05) is 0 Å². The van der Waals surface area contributed by atoms with Crippen LogP contribution >= 0.6 is 0 Å². The molecule has 0 N–H and O–H groups in total. The highest BCUT2D eigenvalue weighted by molar-refractivity contribution is 4.86. The first-order valence-corrected chi connectivity index (χ1v) is 5.89. The van der Waals surface area contributed by atoms with Gasteiger partial charge in [0.15, 0.2) is 5.79 Å². The van der Waals surface area contributed by atoms with E-state index in [4.69, 9.17) is 9.47 Å². The smallest absolute Gasteiger partial charge is 0.169 e. The molecule has 14 heavy (non-hydrogen) atoms. The molecular weight excluding hydrogens is 176 g/mol. The third-order valence-corrected chi connectivity index (χ3v) is 3.38. The summed E-state index contributed by atoms with van der Waals surface area (Å²) >= 11 is 0. The molecule has 0 aromatic rings. The van der Waals surface area contributed by atoms with E-state index in [0.29, 0.717) is 6.10 Å². The van der Waals surface area contributed by atoms with Crippen molar-refractivity contribution in [1.29, 1.82) is 0 Å². The van der Waals surface area contributed by atoms with E-state index in [9.17, 15) is 0 Å². The van der Waals surface area contributed by atoms with E-state index in [1.165, 1.54) is 19.3 Å². The van der Waals surface area contributed by atoms with Gasteiger partial charge in [-0.05, 0) is 46.5 Å². The van der Waals surface area contributed by atoms with Gasteiger partial charge >= 0.3 is 0 Å². The minimum Gasteiger partial charge on any atom is -0.347 e. The Morgan fingerprint density at radius 2 is 1.79 bits per heavy atom. The summed E-state index contributed by atoms with van der Waals surface area (Å²) in [7, 11) is 0. The third kappa shape index (κ3) is 2.12. The molecule has 0 aromatic heterocycles. The summed E-state index contributed by atoms with van der Waals surface area (Å²) in [6.45, 7) is 6.51. The van der Waals surface area contributed by atoms with E-state index in [-0.39, 0.29) is 11.4 Å². The molecule has 2 aliphatic rings. The summed E-state index contributed by atoms with van der Waals surface area (Å²) in [5.41, 5.74) is 0.00924. The molecule has 0 radical (unpaired) electrons. The Kier molecular flexibility index (Phi) is 2.61. The van der Waals surface area contributed by atoms with Crippen LogP contribution in [0.5, 0.6) is 0 Å². The van der Waals surface area contributed by atoms with E-state index < -0.39 is 0 Å². The minimum absolute atomic E-state index is 0.00924. The zero-order valence-corrected chi connectivity index (χ0v) is 9.64. The SMILES string of the molecule is CC1CCCC2(CCCC(C)(C)O2)O1. The summed E-state index contributed by atoms with van der Waals surface area (Å²) in [5, 5.41) is 0. The van der Waals surface area contributed by atoms with Crippen LogP contribution < -0.4 is 0 Å². The summed E-state index contributed by atoms with van der Waals surface area (Å²) in [4.78, 5) is 0. The van der Waals surface area contributed by atoms with Crippen LogP contribution in [0, 0.1) is 0 Å². The molecule has 82 valence electrons. The summed E-state index contributed by atoms with van der Waals surface area (Å²) in [6.07, 6.45) is 7.37. The Balaban J connectivity index is 2.06. The molecule has 0 aromatic carbocycles. The molecule has 0 amide bonds. The topological polar surface area (TPSA) is 18.5 Å². The highest BCUT2D eigenvalue weighted by Gasteiger charge is 2.44. The molecule has 0 saturated carbocycles. The van der Waals surface area contributed by atoms with Crippen molar-refractivity contribution in [1.82, 2.24) is 0 Å². The Labute approximate surface area is 87.0 Å². The van der Waals surface area contributed by atoms with Crippen molar-refractivity contribution >= 4 is 0 Å². The molecule has 2 aliphatic heterocycles. The summed E-state index contributed by atoms with van der Waals surface area (Å²) in [5.74, 6) is -0.237. The van der Waals surface area contributed by atoms with Gasteiger partial charge in [0.1, 0.15) is 0 Å². The van der Waals surface area contributed by atoms with E-state index in [2.05, 4.69) is 20.8 Å². The minimum atomic E-state index is -0.237. The van der Waals surface area contributed by atoms with Crippen LogP contribution in [0.1, 0.15) is 59.3 Å². The van der Waals surface area contributed by atoms with Crippen molar-refractivity contribution in [3.63, 3.8) is 0 Å². The van der Waals surface area contributed by atoms with Crippen molar-refractivity contribution in [2.24, 2.45) is 0 Å². The third-order valence-electron chi connectivity index (χ3n) is 3.38. The fourth-order valence-electron chi connectivity index (χ4n) is 2.79. The van der Waals surface area contributed by atoms with Gasteiger partial charge in [0, 0.05) is 12.8 Å². The van der Waals surface area contributed by atoms with Crippen LogP contribution in [0.2, 0.25) is 0 Å². The maximum absolute atomic E-state index is 6.15. The van der Waals surface area contributed by atoms with Crippen LogP contribution in [0.15, 0.2) is 0 Å². The van der Waals surface area contributed by atoms with Crippen molar-refractivity contribution < 1.29 is 9.47 Å². The van der Waals surface area contributed by atoms with Crippen LogP contribution in [0.4, 0.5) is 0 Å². The number of hydrogen-bond acceptors (Lipinski definition) is 2. The van der Waals surface area contributed by atoms with Crippen molar-refractivity contribution in [2.45, 2.75) is 76.8 Å². The van der Waals surface area contributed by atoms with Gasteiger partial charge in [0.25, 0.3) is 0 Å². The average Bonchev–Trinajstić information content (AvgIpc) is 2.00. The van der Waals surface area contributed by atoms with Gasteiger partial charge in [-0.15, -0.1) is 0 Å². The lowest BCUT2D eigenvalue weighted by atomic mass is 9.89. The molecule has 2 heteroatoms. The predicted molar refractivity (Wildman–Crippen MR) is 56.1 cm³/mol. The standard InChI is InChI=1S/C12H22O2/c1-10-6-4-8-12(13-10)9-5-7-11(2,3)14-12/h10H,4-9H2,1-3H3. The van der Waals surface area contributed by atoms with E-state index >= 15 is 0 Å². The number of ether oxygens (including phenoxy) is 2. The fourth-order valence-corrected chi connectivity index (χ4v) is 2.79. The molecule has 2 heterocycles. The Morgan fingerprint density at radius 1 is 1.07 bits per heavy atom. The average molecular weight is 198 g/mol. The largest absolute Gasteiger partial charge is 0.347 e. The quantitative estimate of drug-likeness (QED) is 0.595. The lowest BCUT2D eigenvalue weighted by Crippen LogP contribution is -2.50. The molecule has 0 bridgehead atoms. The predicted octanol–water partition coefficient (Wildman–Crippen LogP) is 3.25. The Bertz CT molecular complexity index is 208. The monoisotopic (exact) mass is 198 g/mol. The first kappa shape index (κ1) is 10.4. The van der Waals surface area contributed by atoms with Gasteiger partial charge in [-0.1, -0.05) is 0 Å². The zero-order valence-electron chi connectivity index (χ0n) is 9.64. The lowest BCUT2D eigenvalue weighted by molar-refractivity contribution is -0.332. The number of rotatable bonds is 0. The highest BCUT2D eigenvalue weighted by atomic mass is 16.7. The molecule has 2 unspecified atom stereocenters.